The zero-order chi connectivity index (χ0) is 21.0. The number of carbonyl (C=O) groups is 1. The van der Waals surface area contributed by atoms with E-state index in [1.54, 1.807) is 37.3 Å². The molecule has 1 saturated heterocycles. The molecule has 2 heterocycles. The number of piperazine rings is 1. The summed E-state index contributed by atoms with van der Waals surface area (Å²) in [5.41, 5.74) is 0.635. The number of urea groups is 1. The van der Waals surface area contributed by atoms with Gasteiger partial charge in [0, 0.05) is 70.2 Å². The number of benzene rings is 1. The molecule has 2 aromatic rings. The Kier molecular flexibility index (Phi) is 6.26. The second-order valence-electron chi connectivity index (χ2n) is 7.03. The van der Waals surface area contributed by atoms with Crippen molar-refractivity contribution in [3.63, 3.8) is 0 Å². The zero-order valence-corrected chi connectivity index (χ0v) is 17.6. The highest BCUT2D eigenvalue weighted by Gasteiger charge is 2.23. The van der Waals surface area contributed by atoms with E-state index in [4.69, 9.17) is 9.47 Å². The summed E-state index contributed by atoms with van der Waals surface area (Å²) in [4.78, 5) is 27.6. The van der Waals surface area contributed by atoms with Crippen molar-refractivity contribution < 1.29 is 14.3 Å². The zero-order valence-electron chi connectivity index (χ0n) is 17.6. The molecule has 0 aliphatic carbocycles. The molecule has 29 heavy (non-hydrogen) atoms. The number of methoxy groups -OCH3 is 2. The van der Waals surface area contributed by atoms with E-state index in [-0.39, 0.29) is 6.03 Å². The summed E-state index contributed by atoms with van der Waals surface area (Å²) >= 11 is 0. The van der Waals surface area contributed by atoms with Crippen LogP contribution in [0.2, 0.25) is 0 Å². The van der Waals surface area contributed by atoms with E-state index in [0.29, 0.717) is 43.4 Å². The van der Waals surface area contributed by atoms with Crippen molar-refractivity contribution in [3.8, 4) is 11.5 Å². The number of aryl methyl sites for hydroxylation is 1. The van der Waals surface area contributed by atoms with Gasteiger partial charge in [0.05, 0.1) is 14.2 Å². The molecule has 1 aromatic heterocycles. The molecule has 0 saturated carbocycles. The first-order chi connectivity index (χ1) is 13.9. The van der Waals surface area contributed by atoms with Gasteiger partial charge in [0.25, 0.3) is 0 Å². The Hall–Kier alpha value is -3.23. The lowest BCUT2D eigenvalue weighted by Crippen LogP contribution is -2.50. The van der Waals surface area contributed by atoms with Crippen molar-refractivity contribution in [2.45, 2.75) is 6.92 Å². The topological polar surface area (TPSA) is 83.1 Å². The average molecular weight is 400 g/mol. The number of hydrogen-bond donors (Lipinski definition) is 1. The first-order valence-corrected chi connectivity index (χ1v) is 9.46. The molecule has 9 heteroatoms. The molecule has 0 atom stereocenters. The highest BCUT2D eigenvalue weighted by atomic mass is 16.5. The molecule has 1 aliphatic rings. The largest absolute Gasteiger partial charge is 0.497 e. The lowest BCUT2D eigenvalue weighted by Gasteiger charge is -2.35. The summed E-state index contributed by atoms with van der Waals surface area (Å²) in [5, 5.41) is 2.93. The number of aromatic nitrogens is 2. The highest BCUT2D eigenvalue weighted by Crippen LogP contribution is 2.26. The first kappa shape index (κ1) is 20.5. The molecule has 1 N–H and O–H groups in total. The Balaban J connectivity index is 1.63. The molecule has 0 unspecified atom stereocenters. The Morgan fingerprint density at radius 2 is 1.62 bits per heavy atom. The molecule has 0 bridgehead atoms. The number of nitrogens with one attached hydrogen (secondary N) is 1. The number of hydrogen-bond acceptors (Lipinski definition) is 7. The lowest BCUT2D eigenvalue weighted by atomic mass is 10.2. The van der Waals surface area contributed by atoms with Crippen LogP contribution in [-0.2, 0) is 0 Å². The molecule has 2 amide bonds. The van der Waals surface area contributed by atoms with Crippen LogP contribution in [-0.4, -0.2) is 75.4 Å². The molecule has 1 aromatic carbocycles. The van der Waals surface area contributed by atoms with Crippen LogP contribution in [0.5, 0.6) is 11.5 Å². The fourth-order valence-electron chi connectivity index (χ4n) is 3.15. The predicted molar refractivity (Wildman–Crippen MR) is 113 cm³/mol. The van der Waals surface area contributed by atoms with Gasteiger partial charge in [0.2, 0.25) is 0 Å². The van der Waals surface area contributed by atoms with Crippen LogP contribution in [0.1, 0.15) is 5.82 Å². The van der Waals surface area contributed by atoms with Crippen molar-refractivity contribution in [2.75, 3.05) is 69.6 Å². The monoisotopic (exact) mass is 400 g/mol. The quantitative estimate of drug-likeness (QED) is 0.824. The minimum atomic E-state index is -0.146. The van der Waals surface area contributed by atoms with E-state index in [1.165, 1.54) is 0 Å². The number of ether oxygens (including phenoxy) is 2. The SMILES string of the molecule is COc1cc(NC(=O)N2CCN(c3cc(N(C)C)nc(C)n3)CC2)cc(OC)c1. The van der Waals surface area contributed by atoms with Gasteiger partial charge in [-0.3, -0.25) is 0 Å². The van der Waals surface area contributed by atoms with Crippen molar-refractivity contribution in [2.24, 2.45) is 0 Å². The van der Waals surface area contributed by atoms with E-state index in [9.17, 15) is 4.79 Å². The summed E-state index contributed by atoms with van der Waals surface area (Å²) in [5.74, 6) is 3.75. The van der Waals surface area contributed by atoms with Gasteiger partial charge in [0.15, 0.2) is 0 Å². The number of amides is 2. The maximum atomic E-state index is 12.7. The lowest BCUT2D eigenvalue weighted by molar-refractivity contribution is 0.208. The second-order valence-corrected chi connectivity index (χ2v) is 7.03. The number of rotatable bonds is 5. The summed E-state index contributed by atoms with van der Waals surface area (Å²) in [6.45, 7) is 4.51. The Morgan fingerprint density at radius 3 is 2.17 bits per heavy atom. The normalized spacial score (nSPS) is 13.8. The van der Waals surface area contributed by atoms with Gasteiger partial charge in [-0.25, -0.2) is 14.8 Å². The van der Waals surface area contributed by atoms with Crippen LogP contribution >= 0.6 is 0 Å². The Bertz CT molecular complexity index is 843. The molecule has 0 radical (unpaired) electrons. The Morgan fingerprint density at radius 1 is 1.00 bits per heavy atom. The van der Waals surface area contributed by atoms with Crippen molar-refractivity contribution >= 4 is 23.4 Å². The first-order valence-electron chi connectivity index (χ1n) is 9.46. The van der Waals surface area contributed by atoms with E-state index in [2.05, 4.69) is 20.2 Å². The summed E-state index contributed by atoms with van der Waals surface area (Å²) < 4.78 is 10.5. The van der Waals surface area contributed by atoms with Crippen LogP contribution in [0.4, 0.5) is 22.1 Å². The molecule has 0 spiro atoms. The van der Waals surface area contributed by atoms with E-state index in [0.717, 1.165) is 17.5 Å². The van der Waals surface area contributed by atoms with Gasteiger partial charge < -0.3 is 29.5 Å². The van der Waals surface area contributed by atoms with Crippen molar-refractivity contribution in [1.82, 2.24) is 14.9 Å². The van der Waals surface area contributed by atoms with Crippen LogP contribution in [0.3, 0.4) is 0 Å². The van der Waals surface area contributed by atoms with Gasteiger partial charge in [-0.15, -0.1) is 0 Å². The Labute approximate surface area is 171 Å². The highest BCUT2D eigenvalue weighted by molar-refractivity contribution is 5.90. The molecule has 3 rings (SSSR count). The van der Waals surface area contributed by atoms with Crippen LogP contribution < -0.4 is 24.6 Å². The average Bonchev–Trinajstić information content (AvgIpc) is 2.73. The van der Waals surface area contributed by atoms with E-state index in [1.807, 2.05) is 32.0 Å². The maximum Gasteiger partial charge on any atom is 0.321 e. The van der Waals surface area contributed by atoms with Gasteiger partial charge >= 0.3 is 6.03 Å². The molecule has 9 nitrogen and oxygen atoms in total. The molecule has 156 valence electrons. The van der Waals surface area contributed by atoms with Gasteiger partial charge in [0.1, 0.15) is 29.0 Å². The molecule has 1 aliphatic heterocycles. The van der Waals surface area contributed by atoms with Crippen LogP contribution in [0.25, 0.3) is 0 Å². The maximum absolute atomic E-state index is 12.7. The van der Waals surface area contributed by atoms with Gasteiger partial charge in [-0.05, 0) is 6.92 Å². The van der Waals surface area contributed by atoms with E-state index >= 15 is 0 Å². The summed E-state index contributed by atoms with van der Waals surface area (Å²) in [6.07, 6.45) is 0. The summed E-state index contributed by atoms with van der Waals surface area (Å²) in [6, 6.07) is 7.13. The van der Waals surface area contributed by atoms with Gasteiger partial charge in [-0.2, -0.15) is 0 Å². The fraction of sp³-hybridized carbons (Fsp3) is 0.450. The molecular formula is C20H28N6O3. The molecular weight excluding hydrogens is 372 g/mol. The molecule has 1 fully saturated rings. The van der Waals surface area contributed by atoms with Crippen molar-refractivity contribution in [1.29, 1.82) is 0 Å². The smallest absolute Gasteiger partial charge is 0.321 e. The fourth-order valence-corrected chi connectivity index (χ4v) is 3.15. The van der Waals surface area contributed by atoms with E-state index < -0.39 is 0 Å². The van der Waals surface area contributed by atoms with Crippen LogP contribution in [0, 0.1) is 6.92 Å². The minimum Gasteiger partial charge on any atom is -0.497 e. The summed E-state index contributed by atoms with van der Waals surface area (Å²) in [7, 11) is 7.08. The third kappa shape index (κ3) is 4.98. The minimum absolute atomic E-state index is 0.146. The number of nitrogens with zero attached hydrogens (tertiary/aromatic N) is 5. The second kappa shape index (κ2) is 8.85. The predicted octanol–water partition coefficient (Wildman–Crippen LogP) is 2.22. The van der Waals surface area contributed by atoms with Crippen LogP contribution in [0.15, 0.2) is 24.3 Å². The van der Waals surface area contributed by atoms with Crippen molar-refractivity contribution in [3.05, 3.63) is 30.1 Å². The van der Waals surface area contributed by atoms with Gasteiger partial charge in [-0.1, -0.05) is 0 Å². The third-order valence-electron chi connectivity index (χ3n) is 4.76. The number of carbonyl (C=O) groups excluding carboxylic acids is 1. The standard InChI is InChI=1S/C20H28N6O3/c1-14-21-18(24(2)3)13-19(22-14)25-6-8-26(9-7-25)20(27)23-15-10-16(28-4)12-17(11-15)29-5/h10-13H,6-9H2,1-5H3,(H,23,27). The third-order valence-corrected chi connectivity index (χ3v) is 4.76. The number of anilines is 3.